The van der Waals surface area contributed by atoms with Gasteiger partial charge in [0.05, 0.1) is 0 Å². The molecule has 0 aliphatic heterocycles. The minimum absolute atomic E-state index is 0.104. The molecule has 2 heteroatoms. The van der Waals surface area contributed by atoms with Gasteiger partial charge in [0.1, 0.15) is 0 Å². The minimum Gasteiger partial charge on any atom is -0.329 e. The van der Waals surface area contributed by atoms with Crippen LogP contribution in [0.15, 0.2) is 48.7 Å². The number of nitrogens with one attached hydrogen (secondary N) is 1. The van der Waals surface area contributed by atoms with Gasteiger partial charge in [-0.1, -0.05) is 30.3 Å². The average molecular weight is 250 g/mol. The van der Waals surface area contributed by atoms with E-state index in [1.807, 2.05) is 62.4 Å². The maximum atomic E-state index is 12.0. The molecular weight excluding hydrogens is 234 g/mol. The van der Waals surface area contributed by atoms with Crippen LogP contribution in [-0.4, -0.2) is 5.91 Å². The largest absolute Gasteiger partial charge is 0.329 e. The fourth-order valence-electron chi connectivity index (χ4n) is 1.88. The number of rotatable bonds is 3. The van der Waals surface area contributed by atoms with Gasteiger partial charge in [0.25, 0.3) is 5.91 Å². The van der Waals surface area contributed by atoms with E-state index in [1.165, 1.54) is 0 Å². The molecule has 0 unspecified atom stereocenters. The van der Waals surface area contributed by atoms with Crippen LogP contribution in [-0.2, 0) is 0 Å². The van der Waals surface area contributed by atoms with Crippen molar-refractivity contribution in [2.45, 2.75) is 13.8 Å². The van der Waals surface area contributed by atoms with Crippen LogP contribution < -0.4 is 5.32 Å². The number of carbonyl (C=O) groups is 1. The molecule has 0 fully saturated rings. The molecule has 1 N–H and O–H groups in total. The van der Waals surface area contributed by atoms with E-state index in [1.54, 1.807) is 6.20 Å². The second kappa shape index (κ2) is 6.01. The van der Waals surface area contributed by atoms with Crippen molar-refractivity contribution in [3.63, 3.8) is 0 Å². The Hall–Kier alpha value is -2.35. The Labute approximate surface area is 113 Å². The molecule has 0 saturated carbocycles. The van der Waals surface area contributed by atoms with Crippen molar-refractivity contribution in [2.75, 3.05) is 0 Å². The van der Waals surface area contributed by atoms with Gasteiger partial charge in [-0.25, -0.2) is 0 Å². The summed E-state index contributed by atoms with van der Waals surface area (Å²) >= 11 is 0. The van der Waals surface area contributed by atoms with Gasteiger partial charge >= 0.3 is 0 Å². The molecule has 0 heterocycles. The molecule has 1 radical (unpaired) electrons. The SMILES string of the molecule is Cc1[c]c(C)cc(C(=O)NC=Cc2ccccc2)c1. The van der Waals surface area contributed by atoms with E-state index < -0.39 is 0 Å². The van der Waals surface area contributed by atoms with Crippen LogP contribution in [0, 0.1) is 19.9 Å². The van der Waals surface area contributed by atoms with Crippen LogP contribution in [0.1, 0.15) is 27.0 Å². The molecule has 0 atom stereocenters. The van der Waals surface area contributed by atoms with Gasteiger partial charge in [-0.05, 0) is 54.8 Å². The van der Waals surface area contributed by atoms with Crippen LogP contribution in [0.2, 0.25) is 0 Å². The van der Waals surface area contributed by atoms with Gasteiger partial charge in [0.2, 0.25) is 0 Å². The molecule has 2 rings (SSSR count). The molecule has 1 amide bonds. The van der Waals surface area contributed by atoms with Gasteiger partial charge in [0.15, 0.2) is 0 Å². The van der Waals surface area contributed by atoms with Crippen LogP contribution in [0.5, 0.6) is 0 Å². The second-order valence-electron chi connectivity index (χ2n) is 4.45. The molecule has 2 aromatic carbocycles. The van der Waals surface area contributed by atoms with Crippen molar-refractivity contribution in [1.29, 1.82) is 0 Å². The van der Waals surface area contributed by atoms with Gasteiger partial charge in [-0.2, -0.15) is 0 Å². The third kappa shape index (κ3) is 3.81. The normalized spacial score (nSPS) is 10.6. The minimum atomic E-state index is -0.104. The fraction of sp³-hybridized carbons (Fsp3) is 0.118. The second-order valence-corrected chi connectivity index (χ2v) is 4.45. The highest BCUT2D eigenvalue weighted by Crippen LogP contribution is 2.08. The molecule has 0 aliphatic carbocycles. The van der Waals surface area contributed by atoms with E-state index in [4.69, 9.17) is 0 Å². The topological polar surface area (TPSA) is 29.1 Å². The zero-order chi connectivity index (χ0) is 13.7. The summed E-state index contributed by atoms with van der Waals surface area (Å²) in [4.78, 5) is 12.0. The maximum absolute atomic E-state index is 12.0. The van der Waals surface area contributed by atoms with E-state index in [2.05, 4.69) is 11.4 Å². The highest BCUT2D eigenvalue weighted by atomic mass is 16.1. The predicted molar refractivity (Wildman–Crippen MR) is 77.7 cm³/mol. The van der Waals surface area contributed by atoms with E-state index in [0.29, 0.717) is 5.56 Å². The van der Waals surface area contributed by atoms with Gasteiger partial charge < -0.3 is 5.32 Å². The number of benzene rings is 2. The highest BCUT2D eigenvalue weighted by molar-refractivity contribution is 5.95. The summed E-state index contributed by atoms with van der Waals surface area (Å²) in [6.45, 7) is 3.87. The lowest BCUT2D eigenvalue weighted by Crippen LogP contribution is -2.17. The molecule has 2 aromatic rings. The van der Waals surface area contributed by atoms with Crippen LogP contribution >= 0.6 is 0 Å². The number of hydrogen-bond acceptors (Lipinski definition) is 1. The van der Waals surface area contributed by atoms with Crippen LogP contribution in [0.3, 0.4) is 0 Å². The van der Waals surface area contributed by atoms with E-state index in [9.17, 15) is 4.79 Å². The first-order valence-corrected chi connectivity index (χ1v) is 6.18. The first kappa shape index (κ1) is 13.1. The molecule has 95 valence electrons. The van der Waals surface area contributed by atoms with Crippen molar-refractivity contribution < 1.29 is 4.79 Å². The lowest BCUT2D eigenvalue weighted by atomic mass is 10.1. The molecular formula is C17H16NO. The van der Waals surface area contributed by atoms with Crippen molar-refractivity contribution in [1.82, 2.24) is 5.32 Å². The Bertz CT molecular complexity index is 580. The molecule has 19 heavy (non-hydrogen) atoms. The molecule has 0 aliphatic rings. The summed E-state index contributed by atoms with van der Waals surface area (Å²) in [7, 11) is 0. The zero-order valence-electron chi connectivity index (χ0n) is 11.1. The standard InChI is InChI=1S/C17H16NO/c1-13-10-14(2)12-16(11-13)17(19)18-9-8-15-6-4-3-5-7-15/h3-9,11-12H,1-2H3,(H,18,19). The molecule has 0 bridgehead atoms. The lowest BCUT2D eigenvalue weighted by molar-refractivity contribution is 0.0970. The molecule has 0 spiro atoms. The first-order chi connectivity index (χ1) is 9.15. The fourth-order valence-corrected chi connectivity index (χ4v) is 1.88. The van der Waals surface area contributed by atoms with Gasteiger partial charge in [0, 0.05) is 11.8 Å². The van der Waals surface area contributed by atoms with Crippen LogP contribution in [0.4, 0.5) is 0 Å². The Morgan fingerprint density at radius 1 is 1.11 bits per heavy atom. The predicted octanol–water partition coefficient (Wildman–Crippen LogP) is 3.50. The van der Waals surface area contributed by atoms with E-state index >= 15 is 0 Å². The summed E-state index contributed by atoms with van der Waals surface area (Å²) in [5, 5.41) is 2.77. The van der Waals surface area contributed by atoms with Crippen molar-refractivity contribution >= 4 is 12.0 Å². The molecule has 2 nitrogen and oxygen atoms in total. The Kier molecular flexibility index (Phi) is 4.14. The number of hydrogen-bond donors (Lipinski definition) is 1. The number of amides is 1. The first-order valence-electron chi connectivity index (χ1n) is 6.18. The molecule has 0 aromatic heterocycles. The van der Waals surface area contributed by atoms with E-state index in [0.717, 1.165) is 16.7 Å². The zero-order valence-corrected chi connectivity index (χ0v) is 11.1. The lowest BCUT2D eigenvalue weighted by Gasteiger charge is -2.03. The maximum Gasteiger partial charge on any atom is 0.255 e. The Morgan fingerprint density at radius 3 is 2.37 bits per heavy atom. The van der Waals surface area contributed by atoms with E-state index in [-0.39, 0.29) is 5.91 Å². The Balaban J connectivity index is 2.03. The van der Waals surface area contributed by atoms with Gasteiger partial charge in [-0.3, -0.25) is 4.79 Å². The summed E-state index contributed by atoms with van der Waals surface area (Å²) in [5.74, 6) is -0.104. The number of aryl methyl sites for hydroxylation is 2. The summed E-state index contributed by atoms with van der Waals surface area (Å²) in [6, 6.07) is 16.7. The quantitative estimate of drug-likeness (QED) is 0.887. The third-order valence-corrected chi connectivity index (χ3v) is 2.69. The molecule has 0 saturated heterocycles. The van der Waals surface area contributed by atoms with Crippen molar-refractivity contribution in [3.8, 4) is 0 Å². The van der Waals surface area contributed by atoms with Gasteiger partial charge in [-0.15, -0.1) is 0 Å². The van der Waals surface area contributed by atoms with Crippen molar-refractivity contribution in [2.24, 2.45) is 0 Å². The monoisotopic (exact) mass is 250 g/mol. The van der Waals surface area contributed by atoms with Crippen molar-refractivity contribution in [3.05, 3.63) is 77.0 Å². The Morgan fingerprint density at radius 2 is 1.74 bits per heavy atom. The van der Waals surface area contributed by atoms with Crippen LogP contribution in [0.25, 0.3) is 6.08 Å². The smallest absolute Gasteiger partial charge is 0.255 e. The highest BCUT2D eigenvalue weighted by Gasteiger charge is 2.04. The average Bonchev–Trinajstić information content (AvgIpc) is 2.38. The summed E-state index contributed by atoms with van der Waals surface area (Å²) in [6.07, 6.45) is 3.53. The summed E-state index contributed by atoms with van der Waals surface area (Å²) < 4.78 is 0. The number of carbonyl (C=O) groups excluding carboxylic acids is 1. The third-order valence-electron chi connectivity index (χ3n) is 2.69. The summed E-state index contributed by atoms with van der Waals surface area (Å²) in [5.41, 5.74) is 3.65.